The van der Waals surface area contributed by atoms with E-state index >= 15 is 0 Å². The Morgan fingerprint density at radius 1 is 1.31 bits per heavy atom. The minimum absolute atomic E-state index is 0.554. The van der Waals surface area contributed by atoms with E-state index in [0.29, 0.717) is 5.41 Å². The molecule has 0 saturated heterocycles. The standard InChI is InChI=1S/C13H24/c1-6-12-11(5)8-9-13(12,7-2)10(3)4/h10H,6-9H2,1-5H3. The molecule has 0 saturated carbocycles. The molecule has 0 aromatic carbocycles. The van der Waals surface area contributed by atoms with Gasteiger partial charge >= 0.3 is 0 Å². The summed E-state index contributed by atoms with van der Waals surface area (Å²) in [7, 11) is 0. The van der Waals surface area contributed by atoms with Gasteiger partial charge in [0.1, 0.15) is 0 Å². The van der Waals surface area contributed by atoms with Crippen molar-refractivity contribution >= 4 is 0 Å². The maximum atomic E-state index is 2.39. The lowest BCUT2D eigenvalue weighted by Gasteiger charge is -2.36. The van der Waals surface area contributed by atoms with Crippen molar-refractivity contribution in [2.24, 2.45) is 11.3 Å². The lowest BCUT2D eigenvalue weighted by Crippen LogP contribution is -2.25. The molecule has 0 radical (unpaired) electrons. The highest BCUT2D eigenvalue weighted by molar-refractivity contribution is 5.27. The summed E-state index contributed by atoms with van der Waals surface area (Å²) in [5, 5.41) is 0. The molecule has 0 fully saturated rings. The van der Waals surface area contributed by atoms with Crippen molar-refractivity contribution in [3.8, 4) is 0 Å². The van der Waals surface area contributed by atoms with Crippen molar-refractivity contribution in [3.05, 3.63) is 11.1 Å². The minimum atomic E-state index is 0.554. The van der Waals surface area contributed by atoms with E-state index in [1.54, 1.807) is 11.1 Å². The topological polar surface area (TPSA) is 0 Å². The van der Waals surface area contributed by atoms with Crippen LogP contribution in [0.25, 0.3) is 0 Å². The fourth-order valence-electron chi connectivity index (χ4n) is 3.23. The molecule has 1 aliphatic rings. The number of hydrogen-bond donors (Lipinski definition) is 0. The summed E-state index contributed by atoms with van der Waals surface area (Å²) in [6.45, 7) is 11.8. The van der Waals surface area contributed by atoms with Crippen molar-refractivity contribution in [1.29, 1.82) is 0 Å². The SMILES string of the molecule is CCC1=C(C)CCC1(CC)C(C)C. The second-order valence-electron chi connectivity index (χ2n) is 4.78. The fraction of sp³-hybridized carbons (Fsp3) is 0.846. The molecule has 1 unspecified atom stereocenters. The van der Waals surface area contributed by atoms with Gasteiger partial charge in [-0.2, -0.15) is 0 Å². The van der Waals surface area contributed by atoms with E-state index in [1.807, 2.05) is 0 Å². The quantitative estimate of drug-likeness (QED) is 0.558. The van der Waals surface area contributed by atoms with Crippen LogP contribution >= 0.6 is 0 Å². The van der Waals surface area contributed by atoms with Gasteiger partial charge in [-0.25, -0.2) is 0 Å². The Morgan fingerprint density at radius 2 is 1.92 bits per heavy atom. The zero-order chi connectivity index (χ0) is 10.1. The van der Waals surface area contributed by atoms with Gasteiger partial charge in [0, 0.05) is 0 Å². The average Bonchev–Trinajstić information content (AvgIpc) is 2.43. The molecule has 0 N–H and O–H groups in total. The highest BCUT2D eigenvalue weighted by Crippen LogP contribution is 2.51. The molecule has 0 amide bonds. The van der Waals surface area contributed by atoms with Crippen LogP contribution in [0.3, 0.4) is 0 Å². The first-order valence-electron chi connectivity index (χ1n) is 5.77. The van der Waals surface area contributed by atoms with Crippen LogP contribution in [-0.4, -0.2) is 0 Å². The van der Waals surface area contributed by atoms with Crippen LogP contribution in [0, 0.1) is 11.3 Å². The monoisotopic (exact) mass is 180 g/mol. The molecule has 1 rings (SSSR count). The molecular weight excluding hydrogens is 156 g/mol. The van der Waals surface area contributed by atoms with E-state index < -0.39 is 0 Å². The van der Waals surface area contributed by atoms with Gasteiger partial charge in [0.25, 0.3) is 0 Å². The van der Waals surface area contributed by atoms with E-state index in [-0.39, 0.29) is 0 Å². The zero-order valence-corrected chi connectivity index (χ0v) is 9.91. The summed E-state index contributed by atoms with van der Waals surface area (Å²) in [6, 6.07) is 0. The number of hydrogen-bond acceptors (Lipinski definition) is 0. The van der Waals surface area contributed by atoms with Crippen LogP contribution in [0.5, 0.6) is 0 Å². The van der Waals surface area contributed by atoms with Crippen LogP contribution in [0.1, 0.15) is 60.3 Å². The third kappa shape index (κ3) is 1.56. The first-order chi connectivity index (χ1) is 6.08. The normalized spacial score (nSPS) is 29.1. The second-order valence-corrected chi connectivity index (χ2v) is 4.78. The van der Waals surface area contributed by atoms with Gasteiger partial charge in [0.2, 0.25) is 0 Å². The van der Waals surface area contributed by atoms with Crippen LogP contribution in [-0.2, 0) is 0 Å². The smallest absolute Gasteiger partial charge is 0.00622 e. The Labute approximate surface area is 83.4 Å². The van der Waals surface area contributed by atoms with Crippen molar-refractivity contribution in [3.63, 3.8) is 0 Å². The largest absolute Gasteiger partial charge is 0.0735 e. The molecular formula is C13H24. The Morgan fingerprint density at radius 3 is 2.23 bits per heavy atom. The van der Waals surface area contributed by atoms with Gasteiger partial charge in [-0.3, -0.25) is 0 Å². The second kappa shape index (κ2) is 3.86. The lowest BCUT2D eigenvalue weighted by atomic mass is 9.69. The molecule has 0 aliphatic heterocycles. The van der Waals surface area contributed by atoms with Crippen molar-refractivity contribution in [2.45, 2.75) is 60.3 Å². The molecule has 0 bridgehead atoms. The van der Waals surface area contributed by atoms with Crippen molar-refractivity contribution < 1.29 is 0 Å². The minimum Gasteiger partial charge on any atom is -0.0735 e. The maximum absolute atomic E-state index is 2.39. The summed E-state index contributed by atoms with van der Waals surface area (Å²) in [5.74, 6) is 0.810. The summed E-state index contributed by atoms with van der Waals surface area (Å²) in [4.78, 5) is 0. The van der Waals surface area contributed by atoms with E-state index in [4.69, 9.17) is 0 Å². The molecule has 0 heteroatoms. The molecule has 0 spiro atoms. The third-order valence-electron chi connectivity index (χ3n) is 4.15. The summed E-state index contributed by atoms with van der Waals surface area (Å²) in [5.41, 5.74) is 4.00. The van der Waals surface area contributed by atoms with E-state index in [9.17, 15) is 0 Å². The first-order valence-corrected chi connectivity index (χ1v) is 5.77. The van der Waals surface area contributed by atoms with Crippen molar-refractivity contribution in [2.75, 3.05) is 0 Å². The highest BCUT2D eigenvalue weighted by Gasteiger charge is 2.39. The maximum Gasteiger partial charge on any atom is -0.00622 e. The van der Waals surface area contributed by atoms with Crippen LogP contribution < -0.4 is 0 Å². The van der Waals surface area contributed by atoms with Gasteiger partial charge < -0.3 is 0 Å². The molecule has 0 aromatic rings. The third-order valence-corrected chi connectivity index (χ3v) is 4.15. The molecule has 1 atom stereocenters. The molecule has 1 aliphatic carbocycles. The summed E-state index contributed by atoms with van der Waals surface area (Å²) in [6.07, 6.45) is 5.33. The Hall–Kier alpha value is -0.260. The Bertz CT molecular complexity index is 210. The Balaban J connectivity index is 3.02. The molecule has 0 aromatic heterocycles. The van der Waals surface area contributed by atoms with E-state index in [0.717, 1.165) is 5.92 Å². The van der Waals surface area contributed by atoms with Crippen LogP contribution in [0.15, 0.2) is 11.1 Å². The van der Waals surface area contributed by atoms with Gasteiger partial charge in [-0.05, 0) is 43.9 Å². The van der Waals surface area contributed by atoms with Gasteiger partial charge in [0.05, 0.1) is 0 Å². The summed E-state index contributed by atoms with van der Waals surface area (Å²) < 4.78 is 0. The number of allylic oxidation sites excluding steroid dienone is 2. The average molecular weight is 180 g/mol. The highest BCUT2D eigenvalue weighted by atomic mass is 14.4. The van der Waals surface area contributed by atoms with Gasteiger partial charge in [-0.1, -0.05) is 38.8 Å². The predicted molar refractivity (Wildman–Crippen MR) is 59.8 cm³/mol. The zero-order valence-electron chi connectivity index (χ0n) is 9.91. The van der Waals surface area contributed by atoms with E-state index in [1.165, 1.54) is 25.7 Å². The van der Waals surface area contributed by atoms with Gasteiger partial charge in [-0.15, -0.1) is 0 Å². The molecule has 76 valence electrons. The molecule has 0 nitrogen and oxygen atoms in total. The lowest BCUT2D eigenvalue weighted by molar-refractivity contribution is 0.228. The first kappa shape index (κ1) is 10.8. The fourth-order valence-corrected chi connectivity index (χ4v) is 3.23. The van der Waals surface area contributed by atoms with E-state index in [2.05, 4.69) is 34.6 Å². The molecule has 0 heterocycles. The number of rotatable bonds is 3. The van der Waals surface area contributed by atoms with Crippen LogP contribution in [0.4, 0.5) is 0 Å². The van der Waals surface area contributed by atoms with Crippen LogP contribution in [0.2, 0.25) is 0 Å². The van der Waals surface area contributed by atoms with Crippen molar-refractivity contribution in [1.82, 2.24) is 0 Å². The molecule has 13 heavy (non-hydrogen) atoms. The predicted octanol–water partition coefficient (Wildman–Crippen LogP) is 4.56. The Kier molecular flexibility index (Phi) is 3.21. The van der Waals surface area contributed by atoms with Gasteiger partial charge in [0.15, 0.2) is 0 Å². The summed E-state index contributed by atoms with van der Waals surface area (Å²) >= 11 is 0.